The zero-order chi connectivity index (χ0) is 15.2. The summed E-state index contributed by atoms with van der Waals surface area (Å²) < 4.78 is 0. The van der Waals surface area contributed by atoms with E-state index in [4.69, 9.17) is 0 Å². The average Bonchev–Trinajstić information content (AvgIpc) is 2.39. The average molecular weight is 278 g/mol. The highest BCUT2D eigenvalue weighted by Crippen LogP contribution is 2.09. The van der Waals surface area contributed by atoms with Crippen molar-refractivity contribution >= 4 is 11.8 Å². The van der Waals surface area contributed by atoms with Crippen LogP contribution in [-0.2, 0) is 16.0 Å². The van der Waals surface area contributed by atoms with Gasteiger partial charge < -0.3 is 5.11 Å². The lowest BCUT2D eigenvalue weighted by molar-refractivity contribution is -0.131. The maximum Gasteiger partial charge on any atom is 0.240 e. The van der Waals surface area contributed by atoms with Crippen LogP contribution in [0, 0.1) is 0 Å². The van der Waals surface area contributed by atoms with Crippen LogP contribution in [0.5, 0.6) is 0 Å². The van der Waals surface area contributed by atoms with Crippen molar-refractivity contribution in [3.05, 3.63) is 35.9 Å². The number of hydrogen-bond donors (Lipinski definition) is 2. The molecule has 110 valence electrons. The second-order valence-corrected chi connectivity index (χ2v) is 5.46. The van der Waals surface area contributed by atoms with Crippen LogP contribution in [0.2, 0.25) is 0 Å². The van der Waals surface area contributed by atoms with Crippen molar-refractivity contribution in [3.63, 3.8) is 0 Å². The number of likely N-dealkylation sites (N-methyl/N-ethyl adjacent to an activating group) is 1. The van der Waals surface area contributed by atoms with E-state index in [9.17, 15) is 14.7 Å². The number of hydrogen-bond acceptors (Lipinski definition) is 4. The molecule has 0 aromatic heterocycles. The lowest BCUT2D eigenvalue weighted by Crippen LogP contribution is -2.49. The molecular weight excluding hydrogens is 256 g/mol. The third kappa shape index (κ3) is 5.11. The van der Waals surface area contributed by atoms with Gasteiger partial charge in [-0.05, 0) is 26.5 Å². The second kappa shape index (κ2) is 7.17. The predicted molar refractivity (Wildman–Crippen MR) is 77.1 cm³/mol. The van der Waals surface area contributed by atoms with Gasteiger partial charge in [0.15, 0.2) is 0 Å². The molecule has 0 atom stereocenters. The Morgan fingerprint density at radius 3 is 2.35 bits per heavy atom. The molecule has 0 fully saturated rings. The van der Waals surface area contributed by atoms with Gasteiger partial charge in [-0.1, -0.05) is 30.3 Å². The van der Waals surface area contributed by atoms with Crippen LogP contribution in [0.25, 0.3) is 0 Å². The number of aliphatic hydroxyl groups is 1. The largest absolute Gasteiger partial charge is 0.394 e. The van der Waals surface area contributed by atoms with Crippen molar-refractivity contribution in [1.82, 2.24) is 10.2 Å². The number of imide groups is 1. The molecular formula is C15H22N2O3. The Bertz CT molecular complexity index is 457. The summed E-state index contributed by atoms with van der Waals surface area (Å²) in [5, 5.41) is 11.6. The zero-order valence-electron chi connectivity index (χ0n) is 12.2. The number of nitrogens with zero attached hydrogens (tertiary/aromatic N) is 1. The molecule has 0 saturated carbocycles. The first-order chi connectivity index (χ1) is 9.35. The van der Waals surface area contributed by atoms with Crippen molar-refractivity contribution in [3.8, 4) is 0 Å². The lowest BCUT2D eigenvalue weighted by atomic mass is 10.1. The fourth-order valence-electron chi connectivity index (χ4n) is 1.57. The molecule has 0 spiro atoms. The molecule has 0 radical (unpaired) electrons. The molecule has 2 N–H and O–H groups in total. The summed E-state index contributed by atoms with van der Waals surface area (Å²) >= 11 is 0. The molecule has 2 amide bonds. The number of carbonyl (C=O) groups excluding carboxylic acids is 2. The van der Waals surface area contributed by atoms with Crippen molar-refractivity contribution in [2.45, 2.75) is 25.8 Å². The summed E-state index contributed by atoms with van der Waals surface area (Å²) in [4.78, 5) is 25.2. The minimum absolute atomic E-state index is 0.0608. The number of amides is 2. The van der Waals surface area contributed by atoms with Crippen molar-refractivity contribution in [1.29, 1.82) is 0 Å². The van der Waals surface area contributed by atoms with Gasteiger partial charge in [0.1, 0.15) is 0 Å². The highest BCUT2D eigenvalue weighted by Gasteiger charge is 2.24. The van der Waals surface area contributed by atoms with E-state index in [1.54, 1.807) is 11.9 Å². The van der Waals surface area contributed by atoms with Crippen LogP contribution < -0.4 is 5.32 Å². The van der Waals surface area contributed by atoms with E-state index >= 15 is 0 Å². The lowest BCUT2D eigenvalue weighted by Gasteiger charge is -2.33. The first-order valence-corrected chi connectivity index (χ1v) is 6.54. The Hall–Kier alpha value is -1.72. The monoisotopic (exact) mass is 278 g/mol. The van der Waals surface area contributed by atoms with E-state index in [1.165, 1.54) is 0 Å². The maximum absolute atomic E-state index is 11.8. The van der Waals surface area contributed by atoms with Gasteiger partial charge in [0.05, 0.1) is 19.6 Å². The molecule has 0 heterocycles. The summed E-state index contributed by atoms with van der Waals surface area (Å²) in [5.74, 6) is -0.689. The summed E-state index contributed by atoms with van der Waals surface area (Å²) in [6.45, 7) is 3.65. The van der Waals surface area contributed by atoms with Gasteiger partial charge in [-0.15, -0.1) is 0 Å². The normalized spacial score (nSPS) is 11.4. The van der Waals surface area contributed by atoms with E-state index in [2.05, 4.69) is 5.32 Å². The van der Waals surface area contributed by atoms with Crippen LogP contribution in [0.3, 0.4) is 0 Å². The van der Waals surface area contributed by atoms with E-state index in [0.29, 0.717) is 0 Å². The minimum atomic E-state index is -0.500. The predicted octanol–water partition coefficient (Wildman–Crippen LogP) is 0.575. The number of rotatable bonds is 6. The third-order valence-electron chi connectivity index (χ3n) is 3.29. The SMILES string of the molecule is CN(CC(=O)NC(=O)Cc1ccccc1)C(C)(C)CO. The van der Waals surface area contributed by atoms with Gasteiger partial charge in [0, 0.05) is 5.54 Å². The second-order valence-electron chi connectivity index (χ2n) is 5.46. The van der Waals surface area contributed by atoms with Crippen LogP contribution in [0.4, 0.5) is 0 Å². The van der Waals surface area contributed by atoms with E-state index in [0.717, 1.165) is 5.56 Å². The van der Waals surface area contributed by atoms with Gasteiger partial charge in [-0.2, -0.15) is 0 Å². The van der Waals surface area contributed by atoms with Crippen molar-refractivity contribution in [2.75, 3.05) is 20.2 Å². The molecule has 1 aromatic rings. The molecule has 0 saturated heterocycles. The van der Waals surface area contributed by atoms with E-state index in [-0.39, 0.29) is 31.4 Å². The number of benzene rings is 1. The molecule has 1 rings (SSSR count). The standard InChI is InChI=1S/C15H22N2O3/c1-15(2,11-18)17(3)10-14(20)16-13(19)9-12-7-5-4-6-8-12/h4-8,18H,9-11H2,1-3H3,(H,16,19,20). The fourth-order valence-corrected chi connectivity index (χ4v) is 1.57. The molecule has 0 aliphatic rings. The molecule has 0 aliphatic carbocycles. The summed E-state index contributed by atoms with van der Waals surface area (Å²) in [6.07, 6.45) is 0.180. The Labute approximate surface area is 119 Å². The van der Waals surface area contributed by atoms with Gasteiger partial charge in [0.2, 0.25) is 11.8 Å². The van der Waals surface area contributed by atoms with Crippen molar-refractivity contribution < 1.29 is 14.7 Å². The Balaban J connectivity index is 2.45. The Morgan fingerprint density at radius 1 is 1.20 bits per heavy atom. The van der Waals surface area contributed by atoms with Crippen LogP contribution in [-0.4, -0.2) is 47.6 Å². The molecule has 0 bridgehead atoms. The Kier molecular flexibility index (Phi) is 5.85. The molecule has 20 heavy (non-hydrogen) atoms. The fraction of sp³-hybridized carbons (Fsp3) is 0.467. The molecule has 5 nitrogen and oxygen atoms in total. The van der Waals surface area contributed by atoms with E-state index in [1.807, 2.05) is 44.2 Å². The first-order valence-electron chi connectivity index (χ1n) is 6.54. The van der Waals surface area contributed by atoms with Crippen molar-refractivity contribution in [2.24, 2.45) is 0 Å². The highest BCUT2D eigenvalue weighted by molar-refractivity contribution is 5.96. The first kappa shape index (κ1) is 16.3. The smallest absolute Gasteiger partial charge is 0.240 e. The topological polar surface area (TPSA) is 69.6 Å². The van der Waals surface area contributed by atoms with Crippen LogP contribution in [0.15, 0.2) is 30.3 Å². The Morgan fingerprint density at radius 2 is 1.80 bits per heavy atom. The summed E-state index contributed by atoms with van der Waals surface area (Å²) in [6, 6.07) is 9.25. The van der Waals surface area contributed by atoms with Gasteiger partial charge in [-0.3, -0.25) is 19.8 Å². The van der Waals surface area contributed by atoms with Gasteiger partial charge in [0.25, 0.3) is 0 Å². The van der Waals surface area contributed by atoms with Gasteiger partial charge >= 0.3 is 0 Å². The summed E-state index contributed by atoms with van der Waals surface area (Å²) in [7, 11) is 1.73. The van der Waals surface area contributed by atoms with Gasteiger partial charge in [-0.25, -0.2) is 0 Å². The molecule has 1 aromatic carbocycles. The third-order valence-corrected chi connectivity index (χ3v) is 3.29. The number of aliphatic hydroxyl groups excluding tert-OH is 1. The van der Waals surface area contributed by atoms with Crippen LogP contribution >= 0.6 is 0 Å². The number of nitrogens with one attached hydrogen (secondary N) is 1. The molecule has 5 heteroatoms. The summed E-state index contributed by atoms with van der Waals surface area (Å²) in [5.41, 5.74) is 0.363. The molecule has 0 unspecified atom stereocenters. The number of carbonyl (C=O) groups is 2. The van der Waals surface area contributed by atoms with Crippen LogP contribution in [0.1, 0.15) is 19.4 Å². The quantitative estimate of drug-likeness (QED) is 0.798. The molecule has 0 aliphatic heterocycles. The van der Waals surface area contributed by atoms with E-state index < -0.39 is 5.54 Å². The maximum atomic E-state index is 11.8. The highest BCUT2D eigenvalue weighted by atomic mass is 16.3. The minimum Gasteiger partial charge on any atom is -0.394 e. The zero-order valence-corrected chi connectivity index (χ0v) is 12.2.